The average molecular weight is 293 g/mol. The number of aryl methyl sites for hydroxylation is 1. The van der Waals surface area contributed by atoms with Gasteiger partial charge in [0.05, 0.1) is 12.0 Å². The highest BCUT2D eigenvalue weighted by Gasteiger charge is 2.33. The highest BCUT2D eigenvalue weighted by molar-refractivity contribution is 5.68. The van der Waals surface area contributed by atoms with Crippen LogP contribution in [0.4, 0.5) is 13.2 Å². The molecular weight excluding hydrogens is 283 g/mol. The lowest BCUT2D eigenvalue weighted by atomic mass is 10.1. The van der Waals surface area contributed by atoms with E-state index in [9.17, 15) is 13.2 Å². The fourth-order valence-corrected chi connectivity index (χ4v) is 1.96. The zero-order valence-electron chi connectivity index (χ0n) is 10.9. The lowest BCUT2D eigenvalue weighted by Crippen LogP contribution is -2.04. The van der Waals surface area contributed by atoms with Crippen molar-refractivity contribution in [3.8, 4) is 22.7 Å². The zero-order valence-corrected chi connectivity index (χ0v) is 10.9. The summed E-state index contributed by atoms with van der Waals surface area (Å²) in [5.74, 6) is 0.628. The molecule has 1 N–H and O–H groups in total. The van der Waals surface area contributed by atoms with E-state index < -0.39 is 11.9 Å². The number of halogens is 3. The minimum Gasteiger partial charge on any atom is -0.464 e. The van der Waals surface area contributed by atoms with Gasteiger partial charge in [0.1, 0.15) is 17.1 Å². The van der Waals surface area contributed by atoms with Crippen LogP contribution in [0, 0.1) is 6.92 Å². The van der Waals surface area contributed by atoms with Crippen LogP contribution in [-0.4, -0.2) is 15.2 Å². The van der Waals surface area contributed by atoms with E-state index in [1.165, 1.54) is 6.26 Å². The highest BCUT2D eigenvalue weighted by atomic mass is 19.4. The second-order valence-corrected chi connectivity index (χ2v) is 4.53. The maximum Gasteiger partial charge on any atom is 0.432 e. The molecule has 0 aliphatic carbocycles. The normalized spacial score (nSPS) is 11.8. The summed E-state index contributed by atoms with van der Waals surface area (Å²) >= 11 is 0. The van der Waals surface area contributed by atoms with Crippen molar-refractivity contribution in [3.63, 3.8) is 0 Å². The van der Waals surface area contributed by atoms with Crippen LogP contribution in [0.2, 0.25) is 0 Å². The standard InChI is InChI=1S/C14H10F3N3O/c1-8-7-18-10(5-9(8)12-3-2-4-21-12)11-6-13(20-19-11)14(15,16)17/h2-7H,1H3,(H,19,20). The van der Waals surface area contributed by atoms with Gasteiger partial charge in [-0.25, -0.2) is 0 Å². The number of hydrogen-bond acceptors (Lipinski definition) is 3. The number of nitrogens with zero attached hydrogens (tertiary/aromatic N) is 2. The summed E-state index contributed by atoms with van der Waals surface area (Å²) in [4.78, 5) is 4.12. The van der Waals surface area contributed by atoms with E-state index in [0.717, 1.165) is 17.2 Å². The van der Waals surface area contributed by atoms with Gasteiger partial charge in [-0.15, -0.1) is 0 Å². The first-order chi connectivity index (χ1) is 9.95. The molecule has 3 aromatic rings. The highest BCUT2D eigenvalue weighted by Crippen LogP contribution is 2.31. The van der Waals surface area contributed by atoms with Gasteiger partial charge in [0, 0.05) is 11.8 Å². The second kappa shape index (κ2) is 4.76. The van der Waals surface area contributed by atoms with Gasteiger partial charge < -0.3 is 4.42 Å². The lowest BCUT2D eigenvalue weighted by Gasteiger charge is -2.04. The van der Waals surface area contributed by atoms with Crippen LogP contribution in [0.1, 0.15) is 11.3 Å². The molecular formula is C14H10F3N3O. The molecule has 0 spiro atoms. The Morgan fingerprint density at radius 3 is 2.62 bits per heavy atom. The molecule has 0 amide bonds. The number of rotatable bonds is 2. The van der Waals surface area contributed by atoms with Crippen LogP contribution in [0.3, 0.4) is 0 Å². The summed E-state index contributed by atoms with van der Waals surface area (Å²) in [6.45, 7) is 1.85. The Morgan fingerprint density at radius 2 is 2.00 bits per heavy atom. The summed E-state index contributed by atoms with van der Waals surface area (Å²) in [6.07, 6.45) is -1.35. The SMILES string of the molecule is Cc1cnc(-c2cc(C(F)(F)F)[nH]n2)cc1-c1ccco1. The van der Waals surface area contributed by atoms with E-state index in [0.29, 0.717) is 11.5 Å². The fraction of sp³-hybridized carbons (Fsp3) is 0.143. The third kappa shape index (κ3) is 2.54. The van der Waals surface area contributed by atoms with E-state index in [2.05, 4.69) is 10.1 Å². The first kappa shape index (κ1) is 13.4. The number of aromatic nitrogens is 3. The lowest BCUT2D eigenvalue weighted by molar-refractivity contribution is -0.141. The molecule has 3 heterocycles. The van der Waals surface area contributed by atoms with Crippen molar-refractivity contribution in [2.45, 2.75) is 13.1 Å². The Hall–Kier alpha value is -2.57. The van der Waals surface area contributed by atoms with Crippen LogP contribution in [0.25, 0.3) is 22.7 Å². The Bertz CT molecular complexity index is 760. The molecule has 108 valence electrons. The molecule has 0 aliphatic heterocycles. The first-order valence-corrected chi connectivity index (χ1v) is 6.08. The van der Waals surface area contributed by atoms with Gasteiger partial charge >= 0.3 is 6.18 Å². The summed E-state index contributed by atoms with van der Waals surface area (Å²) < 4.78 is 43.0. The van der Waals surface area contributed by atoms with Gasteiger partial charge in [-0.3, -0.25) is 10.1 Å². The van der Waals surface area contributed by atoms with Gasteiger partial charge in [-0.2, -0.15) is 18.3 Å². The summed E-state index contributed by atoms with van der Waals surface area (Å²) in [5.41, 5.74) is 1.20. The number of alkyl halides is 3. The number of hydrogen-bond donors (Lipinski definition) is 1. The number of H-pyrrole nitrogens is 1. The molecule has 21 heavy (non-hydrogen) atoms. The maximum atomic E-state index is 12.6. The minimum absolute atomic E-state index is 0.134. The maximum absolute atomic E-state index is 12.6. The Labute approximate surface area is 117 Å². The predicted molar refractivity (Wildman–Crippen MR) is 69.3 cm³/mol. The fourth-order valence-electron chi connectivity index (χ4n) is 1.96. The summed E-state index contributed by atoms with van der Waals surface area (Å²) in [6, 6.07) is 6.11. The number of nitrogens with one attached hydrogen (secondary N) is 1. The topological polar surface area (TPSA) is 54.7 Å². The van der Waals surface area contributed by atoms with E-state index in [1.807, 2.05) is 12.0 Å². The van der Waals surface area contributed by atoms with E-state index in [1.54, 1.807) is 24.4 Å². The second-order valence-electron chi connectivity index (χ2n) is 4.53. The molecule has 0 atom stereocenters. The van der Waals surface area contributed by atoms with Crippen molar-refractivity contribution in [1.29, 1.82) is 0 Å². The Kier molecular flexibility index (Phi) is 3.04. The minimum atomic E-state index is -4.46. The van der Waals surface area contributed by atoms with Crippen molar-refractivity contribution < 1.29 is 17.6 Å². The Balaban J connectivity index is 2.04. The van der Waals surface area contributed by atoms with Gasteiger partial charge in [0.15, 0.2) is 0 Å². The molecule has 0 radical (unpaired) electrons. The monoisotopic (exact) mass is 293 g/mol. The van der Waals surface area contributed by atoms with Gasteiger partial charge in [-0.05, 0) is 36.8 Å². The van der Waals surface area contributed by atoms with Gasteiger partial charge in [0.2, 0.25) is 0 Å². The molecule has 3 rings (SSSR count). The number of aromatic amines is 1. The first-order valence-electron chi connectivity index (χ1n) is 6.08. The average Bonchev–Trinajstić information content (AvgIpc) is 3.10. The zero-order chi connectivity index (χ0) is 15.0. The van der Waals surface area contributed by atoms with Crippen molar-refractivity contribution >= 4 is 0 Å². The number of furan rings is 1. The Morgan fingerprint density at radius 1 is 1.19 bits per heavy atom. The largest absolute Gasteiger partial charge is 0.464 e. The van der Waals surface area contributed by atoms with E-state index in [-0.39, 0.29) is 5.69 Å². The van der Waals surface area contributed by atoms with Crippen molar-refractivity contribution in [3.05, 3.63) is 48.0 Å². The molecule has 3 aromatic heterocycles. The summed E-state index contributed by atoms with van der Waals surface area (Å²) in [5, 5.41) is 5.64. The van der Waals surface area contributed by atoms with Crippen LogP contribution < -0.4 is 0 Å². The van der Waals surface area contributed by atoms with Crippen LogP contribution in [-0.2, 0) is 6.18 Å². The molecule has 4 nitrogen and oxygen atoms in total. The molecule has 0 bridgehead atoms. The molecule has 0 saturated carbocycles. The third-order valence-corrected chi connectivity index (χ3v) is 3.04. The van der Waals surface area contributed by atoms with Crippen molar-refractivity contribution in [2.24, 2.45) is 0 Å². The smallest absolute Gasteiger partial charge is 0.432 e. The van der Waals surface area contributed by atoms with Crippen LogP contribution >= 0.6 is 0 Å². The van der Waals surface area contributed by atoms with E-state index in [4.69, 9.17) is 4.42 Å². The third-order valence-electron chi connectivity index (χ3n) is 3.04. The molecule has 0 aromatic carbocycles. The molecule has 0 aliphatic rings. The van der Waals surface area contributed by atoms with Gasteiger partial charge in [-0.1, -0.05) is 0 Å². The van der Waals surface area contributed by atoms with Crippen LogP contribution in [0.15, 0.2) is 41.1 Å². The predicted octanol–water partition coefficient (Wildman–Crippen LogP) is 4.06. The van der Waals surface area contributed by atoms with Crippen molar-refractivity contribution in [2.75, 3.05) is 0 Å². The quantitative estimate of drug-likeness (QED) is 0.775. The van der Waals surface area contributed by atoms with Crippen LogP contribution in [0.5, 0.6) is 0 Å². The molecule has 0 fully saturated rings. The summed E-state index contributed by atoms with van der Waals surface area (Å²) in [7, 11) is 0. The molecule has 0 unspecified atom stereocenters. The molecule has 7 heteroatoms. The van der Waals surface area contributed by atoms with E-state index >= 15 is 0 Å². The van der Waals surface area contributed by atoms with Gasteiger partial charge in [0.25, 0.3) is 0 Å². The van der Waals surface area contributed by atoms with Crippen molar-refractivity contribution in [1.82, 2.24) is 15.2 Å². The number of pyridine rings is 1. The molecule has 0 saturated heterocycles.